The van der Waals surface area contributed by atoms with Gasteiger partial charge in [-0.2, -0.15) is 0 Å². The van der Waals surface area contributed by atoms with Crippen LogP contribution in [0.3, 0.4) is 0 Å². The predicted molar refractivity (Wildman–Crippen MR) is 104 cm³/mol. The van der Waals surface area contributed by atoms with Gasteiger partial charge in [0.2, 0.25) is 0 Å². The third kappa shape index (κ3) is 4.83. The molecular weight excluding hydrogens is 326 g/mol. The molecule has 0 atom stereocenters. The van der Waals surface area contributed by atoms with Gasteiger partial charge in [-0.05, 0) is 62.4 Å². The molecule has 1 amide bonds. The van der Waals surface area contributed by atoms with Crippen LogP contribution in [-0.2, 0) is 0 Å². The Hall–Kier alpha value is -3.34. The summed E-state index contributed by atoms with van der Waals surface area (Å²) in [5.41, 5.74) is 2.78. The van der Waals surface area contributed by atoms with Gasteiger partial charge in [0.25, 0.3) is 5.91 Å². The van der Waals surface area contributed by atoms with Crippen molar-refractivity contribution in [1.82, 2.24) is 4.98 Å². The summed E-state index contributed by atoms with van der Waals surface area (Å²) in [6, 6.07) is 20.6. The van der Waals surface area contributed by atoms with Gasteiger partial charge < -0.3 is 15.4 Å². The van der Waals surface area contributed by atoms with Gasteiger partial charge in [0.05, 0.1) is 6.10 Å². The molecule has 0 radical (unpaired) electrons. The Morgan fingerprint density at radius 2 is 1.65 bits per heavy atom. The minimum atomic E-state index is -0.265. The van der Waals surface area contributed by atoms with Crippen molar-refractivity contribution >= 4 is 23.0 Å². The van der Waals surface area contributed by atoms with Gasteiger partial charge in [-0.25, -0.2) is 0 Å². The standard InChI is InChI=1S/C21H21N3O2/c1-15(2)26-19-10-8-17(9-11-19)24-21(25)20-14-18(12-13-22-20)23-16-6-4-3-5-7-16/h3-15H,1-2H3,(H,22,23)(H,24,25). The van der Waals surface area contributed by atoms with Crippen molar-refractivity contribution in [3.8, 4) is 5.75 Å². The minimum absolute atomic E-state index is 0.111. The number of hydrogen-bond acceptors (Lipinski definition) is 4. The first-order valence-electron chi connectivity index (χ1n) is 8.46. The van der Waals surface area contributed by atoms with E-state index < -0.39 is 0 Å². The monoisotopic (exact) mass is 347 g/mol. The third-order valence-electron chi connectivity index (χ3n) is 3.54. The SMILES string of the molecule is CC(C)Oc1ccc(NC(=O)c2cc(Nc3ccccc3)ccn2)cc1. The average Bonchev–Trinajstić information content (AvgIpc) is 2.64. The van der Waals surface area contributed by atoms with Crippen LogP contribution in [0.25, 0.3) is 0 Å². The van der Waals surface area contributed by atoms with Gasteiger partial charge >= 0.3 is 0 Å². The molecule has 2 N–H and O–H groups in total. The van der Waals surface area contributed by atoms with Crippen LogP contribution in [0.15, 0.2) is 72.9 Å². The first kappa shape index (κ1) is 17.5. The Bertz CT molecular complexity index is 862. The summed E-state index contributed by atoms with van der Waals surface area (Å²) in [7, 11) is 0. The number of pyridine rings is 1. The van der Waals surface area contributed by atoms with Crippen molar-refractivity contribution < 1.29 is 9.53 Å². The van der Waals surface area contributed by atoms with Crippen LogP contribution in [0, 0.1) is 0 Å². The van der Waals surface area contributed by atoms with Crippen LogP contribution in [-0.4, -0.2) is 17.0 Å². The summed E-state index contributed by atoms with van der Waals surface area (Å²) in [5.74, 6) is 0.504. The second-order valence-electron chi connectivity index (χ2n) is 6.07. The first-order valence-corrected chi connectivity index (χ1v) is 8.46. The molecule has 0 aliphatic heterocycles. The fraction of sp³-hybridized carbons (Fsp3) is 0.143. The lowest BCUT2D eigenvalue weighted by Gasteiger charge is -2.11. The molecule has 132 valence electrons. The van der Waals surface area contributed by atoms with Gasteiger partial charge in [0.15, 0.2) is 0 Å². The number of nitrogens with one attached hydrogen (secondary N) is 2. The number of rotatable bonds is 6. The zero-order valence-electron chi connectivity index (χ0n) is 14.8. The molecule has 26 heavy (non-hydrogen) atoms. The maximum atomic E-state index is 12.4. The van der Waals surface area contributed by atoms with Crippen molar-refractivity contribution in [3.63, 3.8) is 0 Å². The largest absolute Gasteiger partial charge is 0.491 e. The number of aromatic nitrogens is 1. The van der Waals surface area contributed by atoms with Crippen LogP contribution < -0.4 is 15.4 Å². The van der Waals surface area contributed by atoms with Crippen LogP contribution in [0.2, 0.25) is 0 Å². The Morgan fingerprint density at radius 3 is 2.35 bits per heavy atom. The summed E-state index contributed by atoms with van der Waals surface area (Å²) >= 11 is 0. The molecule has 0 saturated heterocycles. The molecule has 2 aromatic carbocycles. The van der Waals surface area contributed by atoms with Gasteiger partial charge in [0.1, 0.15) is 11.4 Å². The van der Waals surface area contributed by atoms with Crippen molar-refractivity contribution in [1.29, 1.82) is 0 Å². The van der Waals surface area contributed by atoms with Crippen LogP contribution in [0.1, 0.15) is 24.3 Å². The van der Waals surface area contributed by atoms with E-state index in [0.717, 1.165) is 17.1 Å². The zero-order valence-corrected chi connectivity index (χ0v) is 14.8. The van der Waals surface area contributed by atoms with Gasteiger partial charge in [-0.15, -0.1) is 0 Å². The maximum Gasteiger partial charge on any atom is 0.274 e. The van der Waals surface area contributed by atoms with E-state index in [0.29, 0.717) is 11.4 Å². The Labute approximate surface area is 153 Å². The molecule has 0 bridgehead atoms. The highest BCUT2D eigenvalue weighted by Gasteiger charge is 2.09. The second kappa shape index (κ2) is 8.16. The summed E-state index contributed by atoms with van der Waals surface area (Å²) in [6.07, 6.45) is 1.72. The number of anilines is 3. The highest BCUT2D eigenvalue weighted by atomic mass is 16.5. The average molecular weight is 347 g/mol. The summed E-state index contributed by atoms with van der Waals surface area (Å²) in [5, 5.41) is 6.10. The molecule has 5 heteroatoms. The number of carbonyl (C=O) groups excluding carboxylic acids is 1. The van der Waals surface area contributed by atoms with Gasteiger partial charge in [-0.3, -0.25) is 9.78 Å². The van der Waals surface area contributed by atoms with Crippen LogP contribution >= 0.6 is 0 Å². The van der Waals surface area contributed by atoms with Crippen molar-refractivity contribution in [2.24, 2.45) is 0 Å². The topological polar surface area (TPSA) is 63.2 Å². The van der Waals surface area contributed by atoms with E-state index in [1.807, 2.05) is 74.5 Å². The number of para-hydroxylation sites is 1. The Balaban J connectivity index is 1.67. The molecule has 3 rings (SSSR count). The smallest absolute Gasteiger partial charge is 0.274 e. The maximum absolute atomic E-state index is 12.4. The number of ether oxygens (including phenoxy) is 1. The van der Waals surface area contributed by atoms with E-state index in [1.165, 1.54) is 0 Å². The molecular formula is C21H21N3O2. The van der Waals surface area contributed by atoms with Gasteiger partial charge in [0, 0.05) is 23.3 Å². The number of benzene rings is 2. The molecule has 0 aliphatic rings. The van der Waals surface area contributed by atoms with E-state index in [9.17, 15) is 4.79 Å². The van der Waals surface area contributed by atoms with E-state index in [2.05, 4.69) is 15.6 Å². The highest BCUT2D eigenvalue weighted by Crippen LogP contribution is 2.19. The van der Waals surface area contributed by atoms with Crippen LogP contribution in [0.4, 0.5) is 17.1 Å². The number of carbonyl (C=O) groups is 1. The highest BCUT2D eigenvalue weighted by molar-refractivity contribution is 6.03. The quantitative estimate of drug-likeness (QED) is 0.668. The first-order chi connectivity index (χ1) is 12.6. The van der Waals surface area contributed by atoms with E-state index >= 15 is 0 Å². The Kier molecular flexibility index (Phi) is 5.49. The molecule has 3 aromatic rings. The van der Waals surface area contributed by atoms with E-state index in [4.69, 9.17) is 4.74 Å². The number of nitrogens with zero attached hydrogens (tertiary/aromatic N) is 1. The molecule has 0 fully saturated rings. The summed E-state index contributed by atoms with van der Waals surface area (Å²) in [4.78, 5) is 16.6. The minimum Gasteiger partial charge on any atom is -0.491 e. The van der Waals surface area contributed by atoms with E-state index in [1.54, 1.807) is 12.3 Å². The predicted octanol–water partition coefficient (Wildman–Crippen LogP) is 4.86. The summed E-state index contributed by atoms with van der Waals surface area (Å²) < 4.78 is 5.60. The van der Waals surface area contributed by atoms with Crippen molar-refractivity contribution in [3.05, 3.63) is 78.6 Å². The van der Waals surface area contributed by atoms with Gasteiger partial charge in [-0.1, -0.05) is 18.2 Å². The lowest BCUT2D eigenvalue weighted by Crippen LogP contribution is -2.14. The molecule has 1 aromatic heterocycles. The van der Waals surface area contributed by atoms with Crippen LogP contribution in [0.5, 0.6) is 5.75 Å². The lowest BCUT2D eigenvalue weighted by molar-refractivity contribution is 0.102. The molecule has 0 aliphatic carbocycles. The second-order valence-corrected chi connectivity index (χ2v) is 6.07. The fourth-order valence-electron chi connectivity index (χ4n) is 2.40. The number of amides is 1. The lowest BCUT2D eigenvalue weighted by atomic mass is 10.2. The molecule has 0 unspecified atom stereocenters. The molecule has 1 heterocycles. The van der Waals surface area contributed by atoms with Crippen molar-refractivity contribution in [2.75, 3.05) is 10.6 Å². The molecule has 0 spiro atoms. The third-order valence-corrected chi connectivity index (χ3v) is 3.54. The summed E-state index contributed by atoms with van der Waals surface area (Å²) in [6.45, 7) is 3.94. The Morgan fingerprint density at radius 1 is 0.923 bits per heavy atom. The van der Waals surface area contributed by atoms with E-state index in [-0.39, 0.29) is 12.0 Å². The zero-order chi connectivity index (χ0) is 18.4. The molecule has 0 saturated carbocycles. The van der Waals surface area contributed by atoms with Crippen molar-refractivity contribution in [2.45, 2.75) is 20.0 Å². The fourth-order valence-corrected chi connectivity index (χ4v) is 2.40. The number of hydrogen-bond donors (Lipinski definition) is 2. The normalized spacial score (nSPS) is 10.4. The molecule has 5 nitrogen and oxygen atoms in total.